The molecule has 3 rings (SSSR count). The van der Waals surface area contributed by atoms with Crippen LogP contribution in [0.2, 0.25) is 0 Å². The maximum Gasteiger partial charge on any atom is 0.403 e. The van der Waals surface area contributed by atoms with Crippen LogP contribution in [-0.2, 0) is 6.54 Å². The summed E-state index contributed by atoms with van der Waals surface area (Å²) in [6.07, 6.45) is -2.53. The van der Waals surface area contributed by atoms with E-state index in [9.17, 15) is 13.2 Å². The number of nitrogens with zero attached hydrogens (tertiary/aromatic N) is 4. The van der Waals surface area contributed by atoms with E-state index >= 15 is 0 Å². The third-order valence-corrected chi connectivity index (χ3v) is 4.86. The number of alkyl halides is 3. The second kappa shape index (κ2) is 8.64. The van der Waals surface area contributed by atoms with Crippen molar-refractivity contribution in [3.8, 4) is 11.3 Å². The number of rotatable bonds is 4. The van der Waals surface area contributed by atoms with Crippen LogP contribution >= 0.6 is 0 Å². The normalized spacial score (nSPS) is 17.6. The Balaban J connectivity index is 1.53. The first-order chi connectivity index (χ1) is 13.4. The van der Waals surface area contributed by atoms with Crippen molar-refractivity contribution in [2.24, 2.45) is 4.99 Å². The minimum absolute atomic E-state index is 0.332. The molecule has 28 heavy (non-hydrogen) atoms. The monoisotopic (exact) mass is 395 g/mol. The van der Waals surface area contributed by atoms with Crippen LogP contribution in [0.3, 0.4) is 0 Å². The fourth-order valence-corrected chi connectivity index (χ4v) is 3.14. The number of halogens is 3. The van der Waals surface area contributed by atoms with E-state index in [0.717, 1.165) is 5.56 Å². The molecule has 1 N–H and O–H groups in total. The van der Waals surface area contributed by atoms with Crippen molar-refractivity contribution in [3.63, 3.8) is 0 Å². The number of oxazole rings is 1. The number of hydrogen-bond acceptors (Lipinski definition) is 4. The van der Waals surface area contributed by atoms with Gasteiger partial charge < -0.3 is 14.6 Å². The van der Waals surface area contributed by atoms with Gasteiger partial charge in [-0.1, -0.05) is 30.3 Å². The second-order valence-corrected chi connectivity index (χ2v) is 6.63. The topological polar surface area (TPSA) is 56.9 Å². The summed E-state index contributed by atoms with van der Waals surface area (Å²) < 4.78 is 44.4. The first kappa shape index (κ1) is 20.2. The summed E-state index contributed by atoms with van der Waals surface area (Å²) in [6.45, 7) is 3.16. The van der Waals surface area contributed by atoms with E-state index in [0.29, 0.717) is 50.3 Å². The van der Waals surface area contributed by atoms with Crippen LogP contribution < -0.4 is 5.32 Å². The molecule has 0 aliphatic carbocycles. The molecular formula is C19H24F3N5O. The molecule has 2 heterocycles. The second-order valence-electron chi connectivity index (χ2n) is 6.63. The van der Waals surface area contributed by atoms with E-state index in [1.807, 2.05) is 35.2 Å². The standard InChI is InChI=1S/C19H24F3N5O/c1-14(19(20,21)22)26-8-10-27(11-9-26)18(23-2)25-13-17-24-12-16(28-17)15-6-4-3-5-7-15/h3-7,12,14H,8-11,13H2,1-2H3,(H,23,25). The predicted octanol–water partition coefficient (Wildman–Crippen LogP) is 2.99. The van der Waals surface area contributed by atoms with Gasteiger partial charge in [0.05, 0.1) is 12.7 Å². The number of aliphatic imine (C=N–C) groups is 1. The van der Waals surface area contributed by atoms with Gasteiger partial charge in [-0.05, 0) is 6.92 Å². The lowest BCUT2D eigenvalue weighted by Crippen LogP contribution is -2.56. The average Bonchev–Trinajstić information content (AvgIpc) is 3.17. The van der Waals surface area contributed by atoms with Crippen LogP contribution in [0, 0.1) is 0 Å². The summed E-state index contributed by atoms with van der Waals surface area (Å²) in [5, 5.41) is 3.17. The molecule has 1 fully saturated rings. The molecule has 1 aliphatic rings. The Morgan fingerprint density at radius 2 is 1.89 bits per heavy atom. The lowest BCUT2D eigenvalue weighted by molar-refractivity contribution is -0.181. The van der Waals surface area contributed by atoms with Crippen LogP contribution in [0.1, 0.15) is 12.8 Å². The lowest BCUT2D eigenvalue weighted by atomic mass is 10.2. The van der Waals surface area contributed by atoms with Gasteiger partial charge in [0.1, 0.15) is 6.04 Å². The van der Waals surface area contributed by atoms with Crippen molar-refractivity contribution in [1.82, 2.24) is 20.1 Å². The summed E-state index contributed by atoms with van der Waals surface area (Å²) in [6, 6.07) is 8.24. The Kier molecular flexibility index (Phi) is 6.23. The molecule has 1 unspecified atom stereocenters. The number of piperazine rings is 1. The van der Waals surface area contributed by atoms with Gasteiger partial charge in [0.25, 0.3) is 0 Å². The Hall–Kier alpha value is -2.55. The van der Waals surface area contributed by atoms with E-state index in [1.54, 1.807) is 13.2 Å². The molecule has 1 aliphatic heterocycles. The quantitative estimate of drug-likeness (QED) is 0.637. The maximum absolute atomic E-state index is 12.9. The zero-order valence-corrected chi connectivity index (χ0v) is 15.9. The van der Waals surface area contributed by atoms with Gasteiger partial charge >= 0.3 is 6.18 Å². The number of guanidine groups is 1. The third-order valence-electron chi connectivity index (χ3n) is 4.86. The summed E-state index contributed by atoms with van der Waals surface area (Å²) in [5.74, 6) is 1.82. The smallest absolute Gasteiger partial charge is 0.403 e. The van der Waals surface area contributed by atoms with Gasteiger partial charge in [-0.2, -0.15) is 13.2 Å². The lowest BCUT2D eigenvalue weighted by Gasteiger charge is -2.39. The van der Waals surface area contributed by atoms with E-state index < -0.39 is 12.2 Å². The Bertz CT molecular complexity index is 782. The van der Waals surface area contributed by atoms with Crippen molar-refractivity contribution in [2.75, 3.05) is 33.2 Å². The molecule has 0 spiro atoms. The van der Waals surface area contributed by atoms with Crippen LogP contribution in [0.4, 0.5) is 13.2 Å². The van der Waals surface area contributed by atoms with E-state index in [2.05, 4.69) is 15.3 Å². The highest BCUT2D eigenvalue weighted by Gasteiger charge is 2.41. The minimum Gasteiger partial charge on any atom is -0.439 e. The summed E-state index contributed by atoms with van der Waals surface area (Å²) in [5.41, 5.74) is 0.945. The number of hydrogen-bond donors (Lipinski definition) is 1. The Morgan fingerprint density at radius 1 is 1.21 bits per heavy atom. The van der Waals surface area contributed by atoms with Crippen molar-refractivity contribution in [1.29, 1.82) is 0 Å². The van der Waals surface area contributed by atoms with Crippen LogP contribution in [0.15, 0.2) is 45.9 Å². The summed E-state index contributed by atoms with van der Waals surface area (Å²) in [4.78, 5) is 11.9. The highest BCUT2D eigenvalue weighted by molar-refractivity contribution is 5.79. The van der Waals surface area contributed by atoms with E-state index in [4.69, 9.17) is 4.42 Å². The Morgan fingerprint density at radius 3 is 2.50 bits per heavy atom. The van der Waals surface area contributed by atoms with Gasteiger partial charge in [-0.15, -0.1) is 0 Å². The zero-order chi connectivity index (χ0) is 20.1. The highest BCUT2D eigenvalue weighted by atomic mass is 19.4. The average molecular weight is 395 g/mol. The fourth-order valence-electron chi connectivity index (χ4n) is 3.14. The maximum atomic E-state index is 12.9. The molecule has 1 aromatic heterocycles. The van der Waals surface area contributed by atoms with Crippen molar-refractivity contribution in [2.45, 2.75) is 25.7 Å². The summed E-state index contributed by atoms with van der Waals surface area (Å²) >= 11 is 0. The number of benzene rings is 1. The predicted molar refractivity (Wildman–Crippen MR) is 101 cm³/mol. The van der Waals surface area contributed by atoms with Gasteiger partial charge in [0.2, 0.25) is 5.89 Å². The molecule has 152 valence electrons. The molecule has 0 bridgehead atoms. The molecule has 1 atom stereocenters. The fraction of sp³-hybridized carbons (Fsp3) is 0.474. The van der Waals surface area contributed by atoms with Gasteiger partial charge in [-0.3, -0.25) is 9.89 Å². The molecule has 9 heteroatoms. The largest absolute Gasteiger partial charge is 0.439 e. The third kappa shape index (κ3) is 4.83. The molecule has 1 aromatic carbocycles. The molecular weight excluding hydrogens is 371 g/mol. The molecule has 6 nitrogen and oxygen atoms in total. The Labute approximate surface area is 162 Å². The molecule has 0 radical (unpaired) electrons. The SMILES string of the molecule is CN=C(NCc1ncc(-c2ccccc2)o1)N1CCN(C(C)C(F)(F)F)CC1. The van der Waals surface area contributed by atoms with Crippen LogP contribution in [0.25, 0.3) is 11.3 Å². The first-order valence-electron chi connectivity index (χ1n) is 9.15. The zero-order valence-electron chi connectivity index (χ0n) is 15.9. The number of aromatic nitrogens is 1. The molecule has 0 saturated carbocycles. The first-order valence-corrected chi connectivity index (χ1v) is 9.15. The van der Waals surface area contributed by atoms with Gasteiger partial charge in [-0.25, -0.2) is 4.98 Å². The number of nitrogens with one attached hydrogen (secondary N) is 1. The van der Waals surface area contributed by atoms with Crippen LogP contribution in [-0.4, -0.2) is 66.2 Å². The van der Waals surface area contributed by atoms with Crippen molar-refractivity contribution in [3.05, 3.63) is 42.4 Å². The molecule has 1 saturated heterocycles. The summed E-state index contributed by atoms with van der Waals surface area (Å²) in [7, 11) is 1.65. The van der Waals surface area contributed by atoms with Gasteiger partial charge in [0.15, 0.2) is 11.7 Å². The minimum atomic E-state index is -4.20. The van der Waals surface area contributed by atoms with Crippen molar-refractivity contribution >= 4 is 5.96 Å². The van der Waals surface area contributed by atoms with Gasteiger partial charge in [0, 0.05) is 38.8 Å². The van der Waals surface area contributed by atoms with E-state index in [1.165, 1.54) is 11.8 Å². The van der Waals surface area contributed by atoms with E-state index in [-0.39, 0.29) is 0 Å². The van der Waals surface area contributed by atoms with Crippen molar-refractivity contribution < 1.29 is 17.6 Å². The highest BCUT2D eigenvalue weighted by Crippen LogP contribution is 2.25. The molecule has 0 amide bonds. The van der Waals surface area contributed by atoms with Crippen LogP contribution in [0.5, 0.6) is 0 Å². The molecule has 2 aromatic rings.